The second-order valence-electron chi connectivity index (χ2n) is 4.49. The first-order valence-electron chi connectivity index (χ1n) is 6.57. The molecule has 0 spiro atoms. The molecule has 0 fully saturated rings. The van der Waals surface area contributed by atoms with E-state index in [1.807, 2.05) is 24.4 Å². The SMILES string of the molecule is COCCN(CCO)Cc1nc(-c2cccs2)oc1C. The average molecular weight is 296 g/mol. The lowest BCUT2D eigenvalue weighted by molar-refractivity contribution is 0.126. The van der Waals surface area contributed by atoms with E-state index in [4.69, 9.17) is 14.3 Å². The van der Waals surface area contributed by atoms with Crippen molar-refractivity contribution < 1.29 is 14.3 Å². The van der Waals surface area contributed by atoms with E-state index in [9.17, 15) is 0 Å². The van der Waals surface area contributed by atoms with Crippen LogP contribution >= 0.6 is 11.3 Å². The van der Waals surface area contributed by atoms with Gasteiger partial charge in [-0.2, -0.15) is 0 Å². The van der Waals surface area contributed by atoms with Crippen molar-refractivity contribution in [3.05, 3.63) is 29.0 Å². The largest absolute Gasteiger partial charge is 0.440 e. The van der Waals surface area contributed by atoms with E-state index in [0.717, 1.165) is 22.9 Å². The summed E-state index contributed by atoms with van der Waals surface area (Å²) >= 11 is 1.61. The number of rotatable bonds is 8. The lowest BCUT2D eigenvalue weighted by Gasteiger charge is -2.19. The van der Waals surface area contributed by atoms with Gasteiger partial charge < -0.3 is 14.3 Å². The summed E-state index contributed by atoms with van der Waals surface area (Å²) in [4.78, 5) is 7.70. The number of oxazole rings is 1. The van der Waals surface area contributed by atoms with E-state index >= 15 is 0 Å². The van der Waals surface area contributed by atoms with Crippen LogP contribution in [0.3, 0.4) is 0 Å². The van der Waals surface area contributed by atoms with E-state index in [0.29, 0.717) is 25.6 Å². The van der Waals surface area contributed by atoms with Crippen molar-refractivity contribution in [2.24, 2.45) is 0 Å². The Balaban J connectivity index is 2.07. The number of hydrogen-bond donors (Lipinski definition) is 1. The minimum Gasteiger partial charge on any atom is -0.440 e. The zero-order valence-corrected chi connectivity index (χ0v) is 12.7. The predicted molar refractivity (Wildman–Crippen MR) is 78.8 cm³/mol. The zero-order chi connectivity index (χ0) is 14.4. The molecular weight excluding hydrogens is 276 g/mol. The molecule has 5 nitrogen and oxygen atoms in total. The molecule has 2 aromatic heterocycles. The Bertz CT molecular complexity index is 510. The van der Waals surface area contributed by atoms with Gasteiger partial charge in [0.2, 0.25) is 5.89 Å². The maximum atomic E-state index is 9.11. The first-order chi connectivity index (χ1) is 9.74. The van der Waals surface area contributed by atoms with Gasteiger partial charge in [0.1, 0.15) is 5.76 Å². The summed E-state index contributed by atoms with van der Waals surface area (Å²) in [5.41, 5.74) is 0.915. The van der Waals surface area contributed by atoms with Crippen molar-refractivity contribution in [2.75, 3.05) is 33.4 Å². The zero-order valence-electron chi connectivity index (χ0n) is 11.8. The molecule has 20 heavy (non-hydrogen) atoms. The van der Waals surface area contributed by atoms with Crippen LogP contribution in [-0.2, 0) is 11.3 Å². The number of ether oxygens (including phenoxy) is 1. The molecule has 0 aliphatic rings. The molecule has 2 heterocycles. The molecule has 1 N–H and O–H groups in total. The summed E-state index contributed by atoms with van der Waals surface area (Å²) in [6.45, 7) is 4.70. The summed E-state index contributed by atoms with van der Waals surface area (Å²) in [7, 11) is 1.67. The van der Waals surface area contributed by atoms with Crippen LogP contribution in [0.15, 0.2) is 21.9 Å². The Labute approximate surface area is 122 Å². The quantitative estimate of drug-likeness (QED) is 0.809. The number of aryl methyl sites for hydroxylation is 1. The van der Waals surface area contributed by atoms with Gasteiger partial charge in [-0.15, -0.1) is 11.3 Å². The molecule has 2 aromatic rings. The fourth-order valence-electron chi connectivity index (χ4n) is 1.92. The van der Waals surface area contributed by atoms with Gasteiger partial charge in [0, 0.05) is 26.7 Å². The van der Waals surface area contributed by atoms with Crippen molar-refractivity contribution in [1.82, 2.24) is 9.88 Å². The Morgan fingerprint density at radius 2 is 2.30 bits per heavy atom. The lowest BCUT2D eigenvalue weighted by Crippen LogP contribution is -2.30. The fraction of sp³-hybridized carbons (Fsp3) is 0.500. The maximum absolute atomic E-state index is 9.11. The molecule has 0 bridgehead atoms. The minimum atomic E-state index is 0.123. The van der Waals surface area contributed by atoms with Crippen LogP contribution < -0.4 is 0 Å². The van der Waals surface area contributed by atoms with E-state index < -0.39 is 0 Å². The van der Waals surface area contributed by atoms with Gasteiger partial charge in [-0.1, -0.05) is 6.07 Å². The molecule has 0 saturated carbocycles. The molecule has 6 heteroatoms. The van der Waals surface area contributed by atoms with Crippen molar-refractivity contribution in [3.8, 4) is 10.8 Å². The van der Waals surface area contributed by atoms with Crippen molar-refractivity contribution >= 4 is 11.3 Å². The molecular formula is C14H20N2O3S. The van der Waals surface area contributed by atoms with Crippen LogP contribution in [0.25, 0.3) is 10.8 Å². The number of nitrogens with zero attached hydrogens (tertiary/aromatic N) is 2. The highest BCUT2D eigenvalue weighted by atomic mass is 32.1. The second kappa shape index (κ2) is 7.54. The van der Waals surface area contributed by atoms with Gasteiger partial charge in [-0.05, 0) is 18.4 Å². The number of aliphatic hydroxyl groups excluding tert-OH is 1. The van der Waals surface area contributed by atoms with Crippen molar-refractivity contribution in [2.45, 2.75) is 13.5 Å². The maximum Gasteiger partial charge on any atom is 0.236 e. The van der Waals surface area contributed by atoms with E-state index in [1.54, 1.807) is 18.4 Å². The van der Waals surface area contributed by atoms with Gasteiger partial charge in [0.05, 0.1) is 23.8 Å². The molecule has 0 atom stereocenters. The lowest BCUT2D eigenvalue weighted by atomic mass is 10.3. The normalized spacial score (nSPS) is 11.4. The molecule has 110 valence electrons. The number of aliphatic hydroxyl groups is 1. The van der Waals surface area contributed by atoms with Crippen LogP contribution in [0.5, 0.6) is 0 Å². The van der Waals surface area contributed by atoms with Gasteiger partial charge in [-0.3, -0.25) is 4.90 Å². The van der Waals surface area contributed by atoms with E-state index in [-0.39, 0.29) is 6.61 Å². The third-order valence-electron chi connectivity index (χ3n) is 3.03. The summed E-state index contributed by atoms with van der Waals surface area (Å²) in [6.07, 6.45) is 0. The predicted octanol–water partition coefficient (Wildman–Crippen LogP) is 2.15. The molecule has 0 amide bonds. The summed E-state index contributed by atoms with van der Waals surface area (Å²) < 4.78 is 10.8. The molecule has 0 aliphatic carbocycles. The number of methoxy groups -OCH3 is 1. The number of aromatic nitrogens is 1. The average Bonchev–Trinajstić information content (AvgIpc) is 3.06. The van der Waals surface area contributed by atoms with Crippen LogP contribution in [-0.4, -0.2) is 48.4 Å². The minimum absolute atomic E-state index is 0.123. The van der Waals surface area contributed by atoms with Crippen molar-refractivity contribution in [3.63, 3.8) is 0 Å². The summed E-state index contributed by atoms with van der Waals surface area (Å²) in [5.74, 6) is 1.50. The van der Waals surface area contributed by atoms with E-state index in [2.05, 4.69) is 9.88 Å². The molecule has 0 saturated heterocycles. The van der Waals surface area contributed by atoms with Gasteiger partial charge in [0.25, 0.3) is 0 Å². The number of hydrogen-bond acceptors (Lipinski definition) is 6. The Kier molecular flexibility index (Phi) is 5.72. The molecule has 0 aromatic carbocycles. The Morgan fingerprint density at radius 1 is 1.45 bits per heavy atom. The Morgan fingerprint density at radius 3 is 2.95 bits per heavy atom. The third-order valence-corrected chi connectivity index (χ3v) is 3.88. The molecule has 0 unspecified atom stereocenters. The number of thiophene rings is 1. The highest BCUT2D eigenvalue weighted by Gasteiger charge is 2.15. The molecule has 0 radical (unpaired) electrons. The molecule has 2 rings (SSSR count). The molecule has 0 aliphatic heterocycles. The standard InChI is InChI=1S/C14H20N2O3S/c1-11-12(10-16(5-7-17)6-8-18-2)15-14(19-11)13-4-3-9-20-13/h3-4,9,17H,5-8,10H2,1-2H3. The third kappa shape index (κ3) is 3.89. The van der Waals surface area contributed by atoms with Crippen LogP contribution in [0.2, 0.25) is 0 Å². The Hall–Kier alpha value is -1.21. The van der Waals surface area contributed by atoms with Crippen LogP contribution in [0.1, 0.15) is 11.5 Å². The fourth-order valence-corrected chi connectivity index (χ4v) is 2.57. The highest BCUT2D eigenvalue weighted by molar-refractivity contribution is 7.13. The van der Waals surface area contributed by atoms with Crippen LogP contribution in [0, 0.1) is 6.92 Å². The van der Waals surface area contributed by atoms with Gasteiger partial charge in [-0.25, -0.2) is 4.98 Å². The first-order valence-corrected chi connectivity index (χ1v) is 7.45. The summed E-state index contributed by atoms with van der Waals surface area (Å²) in [6, 6.07) is 3.98. The first kappa shape index (κ1) is 15.2. The van der Waals surface area contributed by atoms with E-state index in [1.165, 1.54) is 0 Å². The summed E-state index contributed by atoms with van der Waals surface area (Å²) in [5, 5.41) is 11.1. The second-order valence-corrected chi connectivity index (χ2v) is 5.44. The monoisotopic (exact) mass is 296 g/mol. The van der Waals surface area contributed by atoms with Crippen LogP contribution in [0.4, 0.5) is 0 Å². The highest BCUT2D eigenvalue weighted by Crippen LogP contribution is 2.26. The van der Waals surface area contributed by atoms with Crippen molar-refractivity contribution in [1.29, 1.82) is 0 Å². The van der Waals surface area contributed by atoms with Gasteiger partial charge >= 0.3 is 0 Å². The topological polar surface area (TPSA) is 58.7 Å². The smallest absolute Gasteiger partial charge is 0.236 e. The van der Waals surface area contributed by atoms with Gasteiger partial charge in [0.15, 0.2) is 0 Å².